The minimum absolute atomic E-state index is 0.0768. The molecule has 0 saturated heterocycles. The lowest BCUT2D eigenvalue weighted by Gasteiger charge is -2.42. The van der Waals surface area contributed by atoms with Gasteiger partial charge in [-0.25, -0.2) is 0 Å². The van der Waals surface area contributed by atoms with Crippen molar-refractivity contribution in [1.82, 2.24) is 0 Å². The fourth-order valence-electron chi connectivity index (χ4n) is 2.67. The zero-order valence-corrected chi connectivity index (χ0v) is 18.4. The fourth-order valence-corrected chi connectivity index (χ4v) is 2.67. The van der Waals surface area contributed by atoms with Gasteiger partial charge >= 0.3 is 0 Å². The van der Waals surface area contributed by atoms with Gasteiger partial charge < -0.3 is 14.6 Å². The lowest BCUT2D eigenvalue weighted by molar-refractivity contribution is -0.164. The Bertz CT molecular complexity index is 471. The number of ketones is 2. The predicted octanol–water partition coefficient (Wildman–Crippen LogP) is 4.09. The van der Waals surface area contributed by atoms with Crippen LogP contribution in [0.3, 0.4) is 0 Å². The molecule has 0 spiro atoms. The highest BCUT2D eigenvalue weighted by molar-refractivity contribution is 5.87. The number of hydrogen-bond donors (Lipinski definition) is 1. The first-order chi connectivity index (χ1) is 11.5. The first kappa shape index (κ1) is 25.2. The molecule has 5 heteroatoms. The molecule has 0 aromatic rings. The molecular formula is C21H40O5. The molecule has 2 unspecified atom stereocenters. The Hall–Kier alpha value is -0.780. The maximum absolute atomic E-state index is 13.0. The van der Waals surface area contributed by atoms with Crippen LogP contribution < -0.4 is 0 Å². The molecule has 5 nitrogen and oxygen atoms in total. The van der Waals surface area contributed by atoms with E-state index in [-0.39, 0.29) is 30.2 Å². The van der Waals surface area contributed by atoms with Crippen molar-refractivity contribution in [3.63, 3.8) is 0 Å². The van der Waals surface area contributed by atoms with Gasteiger partial charge in [0.25, 0.3) is 0 Å². The first-order valence-corrected chi connectivity index (χ1v) is 9.66. The topological polar surface area (TPSA) is 72.8 Å². The molecule has 0 fully saturated rings. The van der Waals surface area contributed by atoms with Crippen LogP contribution in [0.25, 0.3) is 0 Å². The van der Waals surface area contributed by atoms with Crippen LogP contribution >= 0.6 is 0 Å². The SMILES string of the molecule is CCC(CC(=O)C(C)(C)C(C)(C)OC(C)CC(=O)C(C)(C)O)OC(C)C. The molecule has 0 bridgehead atoms. The zero-order valence-electron chi connectivity index (χ0n) is 18.4. The molecule has 0 aliphatic heterocycles. The molecule has 0 aromatic heterocycles. The third-order valence-corrected chi connectivity index (χ3v) is 5.19. The van der Waals surface area contributed by atoms with Gasteiger partial charge in [0.15, 0.2) is 5.78 Å². The first-order valence-electron chi connectivity index (χ1n) is 9.66. The minimum atomic E-state index is -1.38. The van der Waals surface area contributed by atoms with Gasteiger partial charge in [-0.15, -0.1) is 0 Å². The van der Waals surface area contributed by atoms with Crippen LogP contribution in [0.15, 0.2) is 0 Å². The van der Waals surface area contributed by atoms with Crippen molar-refractivity contribution in [3.05, 3.63) is 0 Å². The molecule has 0 radical (unpaired) electrons. The van der Waals surface area contributed by atoms with Gasteiger partial charge in [0.1, 0.15) is 11.4 Å². The van der Waals surface area contributed by atoms with Crippen molar-refractivity contribution in [2.45, 2.75) is 118 Å². The van der Waals surface area contributed by atoms with Gasteiger partial charge in [-0.2, -0.15) is 0 Å². The summed E-state index contributed by atoms with van der Waals surface area (Å²) in [5.74, 6) is -0.197. The van der Waals surface area contributed by atoms with E-state index in [1.165, 1.54) is 13.8 Å². The summed E-state index contributed by atoms with van der Waals surface area (Å²) in [4.78, 5) is 25.0. The molecule has 0 amide bonds. The molecule has 154 valence electrons. The zero-order chi connectivity index (χ0) is 20.9. The van der Waals surface area contributed by atoms with E-state index in [1.807, 2.05) is 48.5 Å². The number of aliphatic hydroxyl groups is 1. The third kappa shape index (κ3) is 7.45. The summed E-state index contributed by atoms with van der Waals surface area (Å²) in [6.07, 6.45) is 0.790. The lowest BCUT2D eigenvalue weighted by atomic mass is 9.72. The van der Waals surface area contributed by atoms with Crippen LogP contribution in [0.4, 0.5) is 0 Å². The van der Waals surface area contributed by atoms with Gasteiger partial charge in [-0.3, -0.25) is 9.59 Å². The summed E-state index contributed by atoms with van der Waals surface area (Å²) in [7, 11) is 0. The van der Waals surface area contributed by atoms with E-state index in [0.29, 0.717) is 6.42 Å². The van der Waals surface area contributed by atoms with Gasteiger partial charge in [0, 0.05) is 12.8 Å². The number of ether oxygens (including phenoxy) is 2. The lowest BCUT2D eigenvalue weighted by Crippen LogP contribution is -2.50. The highest BCUT2D eigenvalue weighted by atomic mass is 16.5. The Morgan fingerprint density at radius 3 is 1.81 bits per heavy atom. The van der Waals surface area contributed by atoms with Crippen molar-refractivity contribution < 1.29 is 24.2 Å². The van der Waals surface area contributed by atoms with E-state index in [9.17, 15) is 14.7 Å². The number of carbonyl (C=O) groups is 2. The van der Waals surface area contributed by atoms with Crippen molar-refractivity contribution in [3.8, 4) is 0 Å². The van der Waals surface area contributed by atoms with Crippen LogP contribution in [0.1, 0.15) is 88.5 Å². The fraction of sp³-hybridized carbons (Fsp3) is 0.905. The standard InChI is InChI=1S/C21H40O5/c1-11-16(25-14(2)3)13-17(22)19(5,6)21(9,10)26-15(4)12-18(23)20(7,8)24/h14-16,24H,11-13H2,1-10H3. The quantitative estimate of drug-likeness (QED) is 0.558. The second-order valence-electron chi connectivity index (χ2n) is 9.09. The maximum Gasteiger partial charge on any atom is 0.166 e. The largest absolute Gasteiger partial charge is 0.383 e. The van der Waals surface area contributed by atoms with E-state index < -0.39 is 22.7 Å². The van der Waals surface area contributed by atoms with Crippen LogP contribution in [0, 0.1) is 5.41 Å². The van der Waals surface area contributed by atoms with Crippen LogP contribution in [0.2, 0.25) is 0 Å². The highest BCUT2D eigenvalue weighted by Gasteiger charge is 2.45. The smallest absolute Gasteiger partial charge is 0.166 e. The molecular weight excluding hydrogens is 332 g/mol. The molecule has 26 heavy (non-hydrogen) atoms. The van der Waals surface area contributed by atoms with Gasteiger partial charge in [-0.1, -0.05) is 20.8 Å². The molecule has 2 atom stereocenters. The van der Waals surface area contributed by atoms with Crippen molar-refractivity contribution in [2.75, 3.05) is 0 Å². The monoisotopic (exact) mass is 372 g/mol. The molecule has 0 rings (SSSR count). The number of carbonyl (C=O) groups excluding carboxylic acids is 2. The van der Waals surface area contributed by atoms with Gasteiger partial charge in [0.05, 0.1) is 29.3 Å². The van der Waals surface area contributed by atoms with E-state index in [4.69, 9.17) is 9.47 Å². The van der Waals surface area contributed by atoms with Gasteiger partial charge in [-0.05, 0) is 54.9 Å². The third-order valence-electron chi connectivity index (χ3n) is 5.19. The van der Waals surface area contributed by atoms with Crippen molar-refractivity contribution in [1.29, 1.82) is 0 Å². The molecule has 1 N–H and O–H groups in total. The summed E-state index contributed by atoms with van der Waals surface area (Å²) < 4.78 is 11.9. The molecule has 0 aromatic carbocycles. The normalized spacial score (nSPS) is 15.8. The Morgan fingerprint density at radius 1 is 0.923 bits per heavy atom. The van der Waals surface area contributed by atoms with Crippen LogP contribution in [-0.2, 0) is 19.1 Å². The summed E-state index contributed by atoms with van der Waals surface area (Å²) in [5.41, 5.74) is -2.89. The summed E-state index contributed by atoms with van der Waals surface area (Å²) >= 11 is 0. The van der Waals surface area contributed by atoms with E-state index in [1.54, 1.807) is 6.92 Å². The van der Waals surface area contributed by atoms with E-state index in [0.717, 1.165) is 6.42 Å². The molecule has 0 heterocycles. The van der Waals surface area contributed by atoms with Crippen molar-refractivity contribution >= 4 is 11.6 Å². The second-order valence-corrected chi connectivity index (χ2v) is 9.09. The molecule has 0 saturated carbocycles. The summed E-state index contributed by atoms with van der Waals surface area (Å²) in [5, 5.41) is 9.81. The average molecular weight is 373 g/mol. The van der Waals surface area contributed by atoms with Gasteiger partial charge in [0.2, 0.25) is 0 Å². The predicted molar refractivity (Wildman–Crippen MR) is 104 cm³/mol. The number of rotatable bonds is 12. The Kier molecular flexibility index (Phi) is 9.14. The second kappa shape index (κ2) is 9.43. The van der Waals surface area contributed by atoms with Crippen molar-refractivity contribution in [2.24, 2.45) is 5.41 Å². The highest BCUT2D eigenvalue weighted by Crippen LogP contribution is 2.38. The molecule has 0 aliphatic rings. The molecule has 0 aliphatic carbocycles. The Labute approximate surface area is 159 Å². The summed E-state index contributed by atoms with van der Waals surface area (Å²) in [6, 6.07) is 0. The van der Waals surface area contributed by atoms with E-state index in [2.05, 4.69) is 0 Å². The average Bonchev–Trinajstić information content (AvgIpc) is 2.43. The maximum atomic E-state index is 13.0. The van der Waals surface area contributed by atoms with E-state index >= 15 is 0 Å². The summed E-state index contributed by atoms with van der Waals surface area (Å²) in [6.45, 7) is 18.2. The Morgan fingerprint density at radius 2 is 1.42 bits per heavy atom. The minimum Gasteiger partial charge on any atom is -0.383 e. The number of Topliss-reactive ketones (excluding diaryl/α,β-unsaturated/α-hetero) is 2. The number of hydrogen-bond acceptors (Lipinski definition) is 5. The van der Waals surface area contributed by atoms with Crippen LogP contribution in [0.5, 0.6) is 0 Å². The van der Waals surface area contributed by atoms with Crippen LogP contribution in [-0.4, -0.2) is 46.2 Å². The Balaban J connectivity index is 5.06.